The van der Waals surface area contributed by atoms with Crippen LogP contribution in [0.1, 0.15) is 26.3 Å². The van der Waals surface area contributed by atoms with Gasteiger partial charge in [-0.1, -0.05) is 33.6 Å². The van der Waals surface area contributed by atoms with Gasteiger partial charge in [-0.05, 0) is 32.9 Å². The fourth-order valence-corrected chi connectivity index (χ4v) is 2.75. The molecule has 0 amide bonds. The molecule has 0 radical (unpaired) electrons. The lowest BCUT2D eigenvalue weighted by molar-refractivity contribution is 0.701. The third kappa shape index (κ3) is 2.88. The number of hydrogen-bond acceptors (Lipinski definition) is 1. The zero-order valence-electron chi connectivity index (χ0n) is 9.43. The van der Waals surface area contributed by atoms with Gasteiger partial charge in [-0.3, -0.25) is 0 Å². The number of halogens is 2. The van der Waals surface area contributed by atoms with Crippen molar-refractivity contribution in [2.75, 3.05) is 11.4 Å². The zero-order valence-corrected chi connectivity index (χ0v) is 11.8. The Morgan fingerprint density at radius 1 is 1.40 bits per heavy atom. The van der Waals surface area contributed by atoms with Gasteiger partial charge < -0.3 is 4.90 Å². The minimum atomic E-state index is 0.492. The largest absolute Gasteiger partial charge is 0.369 e. The van der Waals surface area contributed by atoms with Crippen molar-refractivity contribution in [3.63, 3.8) is 0 Å². The number of anilines is 1. The van der Waals surface area contributed by atoms with Crippen molar-refractivity contribution >= 4 is 33.2 Å². The topological polar surface area (TPSA) is 3.24 Å². The second-order valence-electron chi connectivity index (χ2n) is 3.75. The summed E-state index contributed by atoms with van der Waals surface area (Å²) in [5.41, 5.74) is 2.41. The molecular weight excluding hydrogens is 273 g/mol. The minimum Gasteiger partial charge on any atom is -0.369 e. The van der Waals surface area contributed by atoms with E-state index < -0.39 is 0 Å². The number of nitrogens with zero attached hydrogens (tertiary/aromatic N) is 1. The average molecular weight is 291 g/mol. The number of benzene rings is 1. The molecule has 0 saturated heterocycles. The predicted molar refractivity (Wildman–Crippen MR) is 72.2 cm³/mol. The summed E-state index contributed by atoms with van der Waals surface area (Å²) >= 11 is 9.67. The van der Waals surface area contributed by atoms with Crippen molar-refractivity contribution in [1.29, 1.82) is 0 Å². The molecule has 15 heavy (non-hydrogen) atoms. The first-order valence-electron chi connectivity index (χ1n) is 5.21. The summed E-state index contributed by atoms with van der Waals surface area (Å²) in [6, 6.07) is 6.57. The van der Waals surface area contributed by atoms with Crippen LogP contribution in [0.5, 0.6) is 0 Å². The van der Waals surface area contributed by atoms with Gasteiger partial charge in [0.1, 0.15) is 0 Å². The minimum absolute atomic E-state index is 0.492. The highest BCUT2D eigenvalue weighted by Crippen LogP contribution is 2.30. The van der Waals surface area contributed by atoms with E-state index in [1.807, 2.05) is 12.1 Å². The maximum absolute atomic E-state index is 6.18. The van der Waals surface area contributed by atoms with E-state index in [9.17, 15) is 0 Å². The molecule has 1 aromatic rings. The van der Waals surface area contributed by atoms with Crippen molar-refractivity contribution in [1.82, 2.24) is 0 Å². The smallest absolute Gasteiger partial charge is 0.0467 e. The van der Waals surface area contributed by atoms with Gasteiger partial charge in [0.2, 0.25) is 0 Å². The van der Waals surface area contributed by atoms with Gasteiger partial charge >= 0.3 is 0 Å². The Morgan fingerprint density at radius 3 is 2.53 bits per heavy atom. The van der Waals surface area contributed by atoms with Crippen LogP contribution in [0, 0.1) is 0 Å². The molecule has 0 aromatic heterocycles. The summed E-state index contributed by atoms with van der Waals surface area (Å²) in [5.74, 6) is 0. The SMILES string of the molecule is CCN(c1cccc(Cl)c1CBr)C(C)C. The molecule has 0 atom stereocenters. The fourth-order valence-electron chi connectivity index (χ4n) is 1.76. The van der Waals surface area contributed by atoms with E-state index >= 15 is 0 Å². The summed E-state index contributed by atoms with van der Waals surface area (Å²) in [7, 11) is 0. The first-order valence-corrected chi connectivity index (χ1v) is 6.71. The van der Waals surface area contributed by atoms with E-state index in [1.54, 1.807) is 0 Å². The lowest BCUT2D eigenvalue weighted by Gasteiger charge is -2.29. The lowest BCUT2D eigenvalue weighted by Crippen LogP contribution is -2.31. The fraction of sp³-hybridized carbons (Fsp3) is 0.500. The van der Waals surface area contributed by atoms with Crippen LogP contribution < -0.4 is 4.90 Å². The van der Waals surface area contributed by atoms with Crippen LogP contribution in [-0.2, 0) is 5.33 Å². The second kappa shape index (κ2) is 5.76. The molecule has 0 aliphatic carbocycles. The first kappa shape index (κ1) is 12.9. The summed E-state index contributed by atoms with van der Waals surface area (Å²) < 4.78 is 0. The molecule has 1 nitrogen and oxygen atoms in total. The molecule has 0 N–H and O–H groups in total. The summed E-state index contributed by atoms with van der Waals surface area (Å²) in [6.07, 6.45) is 0. The second-order valence-corrected chi connectivity index (χ2v) is 4.72. The molecule has 0 saturated carbocycles. The summed E-state index contributed by atoms with van der Waals surface area (Å²) in [6.45, 7) is 7.56. The Morgan fingerprint density at radius 2 is 2.07 bits per heavy atom. The Balaban J connectivity index is 3.16. The molecule has 1 aromatic carbocycles. The van der Waals surface area contributed by atoms with Crippen molar-refractivity contribution in [3.05, 3.63) is 28.8 Å². The molecule has 0 heterocycles. The molecule has 84 valence electrons. The molecular formula is C12H17BrClN. The third-order valence-electron chi connectivity index (χ3n) is 2.50. The maximum Gasteiger partial charge on any atom is 0.0467 e. The molecule has 0 spiro atoms. The van der Waals surface area contributed by atoms with E-state index in [4.69, 9.17) is 11.6 Å². The first-order chi connectivity index (χ1) is 7.11. The monoisotopic (exact) mass is 289 g/mol. The molecule has 0 aliphatic heterocycles. The number of rotatable bonds is 4. The molecule has 0 bridgehead atoms. The molecule has 0 fully saturated rings. The standard InChI is InChI=1S/C12H17BrClN/c1-4-15(9(2)3)12-7-5-6-11(14)10(12)8-13/h5-7,9H,4,8H2,1-3H3. The van der Waals surface area contributed by atoms with Gasteiger partial charge in [-0.2, -0.15) is 0 Å². The van der Waals surface area contributed by atoms with Crippen molar-refractivity contribution in [2.24, 2.45) is 0 Å². The highest BCUT2D eigenvalue weighted by molar-refractivity contribution is 9.08. The van der Waals surface area contributed by atoms with Gasteiger partial charge in [-0.15, -0.1) is 0 Å². The van der Waals surface area contributed by atoms with Crippen LogP contribution in [-0.4, -0.2) is 12.6 Å². The predicted octanol–water partition coefficient (Wildman–Crippen LogP) is 4.47. The summed E-state index contributed by atoms with van der Waals surface area (Å²) in [4.78, 5) is 2.35. The van der Waals surface area contributed by atoms with Crippen LogP contribution in [0.4, 0.5) is 5.69 Å². The van der Waals surface area contributed by atoms with Crippen LogP contribution in [0.15, 0.2) is 18.2 Å². The van der Waals surface area contributed by atoms with E-state index in [2.05, 4.69) is 47.7 Å². The van der Waals surface area contributed by atoms with Gasteiger partial charge in [0.25, 0.3) is 0 Å². The maximum atomic E-state index is 6.18. The van der Waals surface area contributed by atoms with E-state index in [1.165, 1.54) is 11.3 Å². The van der Waals surface area contributed by atoms with Crippen LogP contribution in [0.25, 0.3) is 0 Å². The van der Waals surface area contributed by atoms with Crippen molar-refractivity contribution < 1.29 is 0 Å². The Kier molecular flexibility index (Phi) is 4.94. The van der Waals surface area contributed by atoms with Gasteiger partial charge in [0.15, 0.2) is 0 Å². The molecule has 0 aliphatic rings. The number of hydrogen-bond donors (Lipinski definition) is 0. The molecule has 3 heteroatoms. The number of alkyl halides is 1. The Bertz CT molecular complexity index is 325. The highest BCUT2D eigenvalue weighted by Gasteiger charge is 2.13. The zero-order chi connectivity index (χ0) is 11.4. The van der Waals surface area contributed by atoms with Crippen LogP contribution in [0.3, 0.4) is 0 Å². The van der Waals surface area contributed by atoms with Gasteiger partial charge in [0.05, 0.1) is 0 Å². The van der Waals surface area contributed by atoms with E-state index in [0.717, 1.165) is 16.9 Å². The molecule has 0 unspecified atom stereocenters. The highest BCUT2D eigenvalue weighted by atomic mass is 79.9. The normalized spacial score (nSPS) is 10.8. The average Bonchev–Trinajstić information content (AvgIpc) is 2.18. The van der Waals surface area contributed by atoms with Gasteiger partial charge in [-0.25, -0.2) is 0 Å². The summed E-state index contributed by atoms with van der Waals surface area (Å²) in [5, 5.41) is 1.63. The van der Waals surface area contributed by atoms with E-state index in [-0.39, 0.29) is 0 Å². The van der Waals surface area contributed by atoms with Crippen LogP contribution >= 0.6 is 27.5 Å². The van der Waals surface area contributed by atoms with Crippen LogP contribution in [0.2, 0.25) is 5.02 Å². The quantitative estimate of drug-likeness (QED) is 0.740. The third-order valence-corrected chi connectivity index (χ3v) is 3.42. The Labute approximate surface area is 106 Å². The Hall–Kier alpha value is -0.210. The van der Waals surface area contributed by atoms with Gasteiger partial charge in [0, 0.05) is 34.2 Å². The molecule has 1 rings (SSSR count). The van der Waals surface area contributed by atoms with E-state index in [0.29, 0.717) is 6.04 Å². The lowest BCUT2D eigenvalue weighted by atomic mass is 10.1. The van der Waals surface area contributed by atoms with Crippen molar-refractivity contribution in [2.45, 2.75) is 32.1 Å². The van der Waals surface area contributed by atoms with Crippen molar-refractivity contribution in [3.8, 4) is 0 Å².